The van der Waals surface area contributed by atoms with E-state index in [9.17, 15) is 9.59 Å². The molecule has 6 heteroatoms. The van der Waals surface area contributed by atoms with Crippen molar-refractivity contribution in [2.45, 2.75) is 84.8 Å². The van der Waals surface area contributed by atoms with Crippen LogP contribution in [0, 0.1) is 5.92 Å². The summed E-state index contributed by atoms with van der Waals surface area (Å²) in [7, 11) is 0. The SMILES string of the molecule is CC(C)(C)OC(=O)N(CCCCC1CCNCC1)C(=O)OC(C)(C)C. The lowest BCUT2D eigenvalue weighted by Crippen LogP contribution is -2.44. The highest BCUT2D eigenvalue weighted by Crippen LogP contribution is 2.20. The minimum atomic E-state index is -0.646. The first-order valence-corrected chi connectivity index (χ1v) is 9.42. The van der Waals surface area contributed by atoms with E-state index in [1.165, 1.54) is 12.8 Å². The van der Waals surface area contributed by atoms with Crippen molar-refractivity contribution in [1.29, 1.82) is 0 Å². The van der Waals surface area contributed by atoms with Gasteiger partial charge in [-0.15, -0.1) is 0 Å². The molecule has 0 aromatic rings. The molecule has 2 amide bonds. The van der Waals surface area contributed by atoms with Gasteiger partial charge in [-0.25, -0.2) is 14.5 Å². The quantitative estimate of drug-likeness (QED) is 0.743. The molecule has 1 saturated heterocycles. The van der Waals surface area contributed by atoms with Gasteiger partial charge in [0.2, 0.25) is 0 Å². The number of nitrogens with zero attached hydrogens (tertiary/aromatic N) is 1. The second-order valence-electron chi connectivity index (χ2n) is 8.80. The molecule has 6 nitrogen and oxygen atoms in total. The summed E-state index contributed by atoms with van der Waals surface area (Å²) >= 11 is 0. The van der Waals surface area contributed by atoms with Crippen LogP contribution in [-0.4, -0.2) is 47.9 Å². The van der Waals surface area contributed by atoms with Gasteiger partial charge in [0.15, 0.2) is 0 Å². The number of piperidine rings is 1. The minimum Gasteiger partial charge on any atom is -0.443 e. The van der Waals surface area contributed by atoms with Gasteiger partial charge in [-0.05, 0) is 79.8 Å². The van der Waals surface area contributed by atoms with E-state index in [-0.39, 0.29) is 0 Å². The summed E-state index contributed by atoms with van der Waals surface area (Å²) in [6.45, 7) is 13.2. The molecule has 0 atom stereocenters. The third kappa shape index (κ3) is 9.68. The normalized spacial score (nSPS) is 16.4. The Morgan fingerprint density at radius 1 is 0.920 bits per heavy atom. The lowest BCUT2D eigenvalue weighted by molar-refractivity contribution is 0.00114. The number of imide groups is 1. The fourth-order valence-electron chi connectivity index (χ4n) is 2.76. The molecule has 0 saturated carbocycles. The number of ether oxygens (including phenoxy) is 2. The predicted molar refractivity (Wildman–Crippen MR) is 98.6 cm³/mol. The summed E-state index contributed by atoms with van der Waals surface area (Å²) in [5.74, 6) is 0.748. The zero-order chi connectivity index (χ0) is 19.1. The van der Waals surface area contributed by atoms with Crippen LogP contribution in [0.3, 0.4) is 0 Å². The van der Waals surface area contributed by atoms with Crippen molar-refractivity contribution >= 4 is 12.2 Å². The van der Waals surface area contributed by atoms with Crippen LogP contribution in [0.5, 0.6) is 0 Å². The second-order valence-corrected chi connectivity index (χ2v) is 8.80. The monoisotopic (exact) mass is 356 g/mol. The Bertz CT molecular complexity index is 404. The van der Waals surface area contributed by atoms with E-state index in [1.54, 1.807) is 41.5 Å². The summed E-state index contributed by atoms with van der Waals surface area (Å²) in [4.78, 5) is 25.8. The molecule has 0 unspecified atom stereocenters. The molecule has 0 aromatic carbocycles. The van der Waals surface area contributed by atoms with Crippen molar-refractivity contribution in [3.63, 3.8) is 0 Å². The standard InChI is InChI=1S/C19H36N2O4/c1-18(2,3)24-16(22)21(17(23)25-19(4,5)6)14-8-7-9-15-10-12-20-13-11-15/h15,20H,7-14H2,1-6H3. The van der Waals surface area contributed by atoms with Gasteiger partial charge in [0.1, 0.15) is 11.2 Å². The number of hydrogen-bond donors (Lipinski definition) is 1. The molecule has 1 aliphatic heterocycles. The van der Waals surface area contributed by atoms with Crippen molar-refractivity contribution in [1.82, 2.24) is 10.2 Å². The van der Waals surface area contributed by atoms with Gasteiger partial charge >= 0.3 is 12.2 Å². The summed E-state index contributed by atoms with van der Waals surface area (Å²) in [6, 6.07) is 0. The predicted octanol–water partition coefficient (Wildman–Crippen LogP) is 4.33. The van der Waals surface area contributed by atoms with Crippen molar-refractivity contribution in [2.75, 3.05) is 19.6 Å². The van der Waals surface area contributed by atoms with Crippen LogP contribution in [0.4, 0.5) is 9.59 Å². The average Bonchev–Trinajstić information content (AvgIpc) is 2.44. The van der Waals surface area contributed by atoms with Crippen LogP contribution in [0.2, 0.25) is 0 Å². The Morgan fingerprint density at radius 3 is 1.84 bits per heavy atom. The smallest absolute Gasteiger partial charge is 0.419 e. The Balaban J connectivity index is 2.54. The van der Waals surface area contributed by atoms with Crippen LogP contribution < -0.4 is 5.32 Å². The van der Waals surface area contributed by atoms with E-state index < -0.39 is 23.4 Å². The molecular weight excluding hydrogens is 320 g/mol. The summed E-state index contributed by atoms with van der Waals surface area (Å²) in [6.07, 6.45) is 4.05. The molecule has 0 spiro atoms. The van der Waals surface area contributed by atoms with E-state index >= 15 is 0 Å². The van der Waals surface area contributed by atoms with Gasteiger partial charge in [0, 0.05) is 6.54 Å². The van der Waals surface area contributed by atoms with E-state index in [4.69, 9.17) is 9.47 Å². The zero-order valence-corrected chi connectivity index (χ0v) is 16.8. The minimum absolute atomic E-state index is 0.328. The third-order valence-electron chi connectivity index (χ3n) is 3.93. The van der Waals surface area contributed by atoms with Crippen molar-refractivity contribution < 1.29 is 19.1 Å². The fraction of sp³-hybridized carbons (Fsp3) is 0.895. The first-order chi connectivity index (χ1) is 11.5. The molecule has 1 heterocycles. The molecule has 0 radical (unpaired) electrons. The van der Waals surface area contributed by atoms with Gasteiger partial charge < -0.3 is 14.8 Å². The number of carbonyl (C=O) groups is 2. The summed E-state index contributed by atoms with van der Waals surface area (Å²) in [5.41, 5.74) is -1.29. The molecule has 25 heavy (non-hydrogen) atoms. The van der Waals surface area contributed by atoms with Gasteiger partial charge in [-0.1, -0.05) is 12.8 Å². The van der Waals surface area contributed by atoms with Gasteiger partial charge in [-0.2, -0.15) is 0 Å². The lowest BCUT2D eigenvalue weighted by atomic mass is 9.92. The molecule has 1 aliphatic rings. The number of carbonyl (C=O) groups excluding carboxylic acids is 2. The molecule has 146 valence electrons. The van der Waals surface area contributed by atoms with Crippen molar-refractivity contribution in [2.24, 2.45) is 5.92 Å². The van der Waals surface area contributed by atoms with Gasteiger partial charge in [-0.3, -0.25) is 0 Å². The molecular formula is C19H36N2O4. The number of unbranched alkanes of at least 4 members (excludes halogenated alkanes) is 1. The molecule has 0 aliphatic carbocycles. The van der Waals surface area contributed by atoms with Crippen molar-refractivity contribution in [3.8, 4) is 0 Å². The Morgan fingerprint density at radius 2 is 1.40 bits per heavy atom. The molecule has 1 fully saturated rings. The maximum absolute atomic E-state index is 12.4. The summed E-state index contributed by atoms with van der Waals surface area (Å²) < 4.78 is 10.7. The number of nitrogens with one attached hydrogen (secondary N) is 1. The topological polar surface area (TPSA) is 67.9 Å². The highest BCUT2D eigenvalue weighted by Gasteiger charge is 2.30. The van der Waals surface area contributed by atoms with Crippen molar-refractivity contribution in [3.05, 3.63) is 0 Å². The second kappa shape index (κ2) is 9.41. The van der Waals surface area contributed by atoms with Crippen LogP contribution in [-0.2, 0) is 9.47 Å². The third-order valence-corrected chi connectivity index (χ3v) is 3.93. The first-order valence-electron chi connectivity index (χ1n) is 9.42. The number of amides is 2. The molecule has 1 rings (SSSR count). The van der Waals surface area contributed by atoms with Crippen LogP contribution in [0.25, 0.3) is 0 Å². The van der Waals surface area contributed by atoms with Gasteiger partial charge in [0.25, 0.3) is 0 Å². The molecule has 0 aromatic heterocycles. The maximum atomic E-state index is 12.4. The fourth-order valence-corrected chi connectivity index (χ4v) is 2.76. The van der Waals surface area contributed by atoms with Crippen LogP contribution in [0.1, 0.15) is 73.6 Å². The largest absolute Gasteiger partial charge is 0.443 e. The molecule has 1 N–H and O–H groups in total. The zero-order valence-electron chi connectivity index (χ0n) is 16.8. The number of rotatable bonds is 5. The Labute approximate surface area is 152 Å². The van der Waals surface area contributed by atoms with Crippen LogP contribution >= 0.6 is 0 Å². The number of hydrogen-bond acceptors (Lipinski definition) is 5. The summed E-state index contributed by atoms with van der Waals surface area (Å²) in [5, 5.41) is 3.37. The highest BCUT2D eigenvalue weighted by atomic mass is 16.6. The average molecular weight is 357 g/mol. The first kappa shape index (κ1) is 21.7. The van der Waals surface area contributed by atoms with E-state index in [2.05, 4.69) is 5.32 Å². The van der Waals surface area contributed by atoms with E-state index in [0.29, 0.717) is 6.54 Å². The Kier molecular flexibility index (Phi) is 8.19. The molecule has 0 bridgehead atoms. The van der Waals surface area contributed by atoms with E-state index in [0.717, 1.165) is 43.2 Å². The van der Waals surface area contributed by atoms with Gasteiger partial charge in [0.05, 0.1) is 0 Å². The highest BCUT2D eigenvalue weighted by molar-refractivity contribution is 5.88. The lowest BCUT2D eigenvalue weighted by Gasteiger charge is -2.29. The van der Waals surface area contributed by atoms with Crippen LogP contribution in [0.15, 0.2) is 0 Å². The van der Waals surface area contributed by atoms with E-state index in [1.807, 2.05) is 0 Å². The Hall–Kier alpha value is -1.30. The maximum Gasteiger partial charge on any atom is 0.419 e.